The molecule has 3 nitrogen and oxygen atoms in total. The Balaban J connectivity index is 1.11. The van der Waals surface area contributed by atoms with Crippen molar-refractivity contribution in [3.63, 3.8) is 0 Å². The van der Waals surface area contributed by atoms with Crippen LogP contribution in [0.2, 0.25) is 0 Å². The minimum absolute atomic E-state index is 0.462. The minimum Gasteiger partial charge on any atom is -0.208 e. The van der Waals surface area contributed by atoms with Gasteiger partial charge in [-0.15, -0.1) is 0 Å². The highest BCUT2D eigenvalue weighted by atomic mass is 15.0. The Hall–Kier alpha value is -7.23. The van der Waals surface area contributed by atoms with E-state index >= 15 is 0 Å². The van der Waals surface area contributed by atoms with E-state index in [-0.39, 0.29) is 0 Å². The van der Waals surface area contributed by atoms with Gasteiger partial charge in [-0.05, 0) is 85.8 Å². The Bertz CT molecular complexity index is 2820. The Morgan fingerprint density at radius 3 is 1.50 bits per heavy atom. The molecule has 0 aliphatic heterocycles. The molecule has 56 heavy (non-hydrogen) atoms. The molecule has 0 fully saturated rings. The van der Waals surface area contributed by atoms with Crippen molar-refractivity contribution in [1.82, 2.24) is 15.0 Å². The monoisotopic (exact) mass is 715 g/mol. The average molecular weight is 716 g/mol. The maximum absolute atomic E-state index is 5.11. The van der Waals surface area contributed by atoms with Gasteiger partial charge in [0.2, 0.25) is 0 Å². The predicted molar refractivity (Wildman–Crippen MR) is 231 cm³/mol. The summed E-state index contributed by atoms with van der Waals surface area (Å²) in [5.74, 6) is 1.90. The van der Waals surface area contributed by atoms with Gasteiger partial charge in [-0.25, -0.2) is 15.0 Å². The second-order valence-corrected chi connectivity index (χ2v) is 14.3. The Morgan fingerprint density at radius 1 is 0.411 bits per heavy atom. The van der Waals surface area contributed by atoms with Crippen LogP contribution in [0.15, 0.2) is 206 Å². The minimum atomic E-state index is -0.462. The van der Waals surface area contributed by atoms with Gasteiger partial charge < -0.3 is 0 Å². The highest BCUT2D eigenvalue weighted by molar-refractivity contribution is 5.98. The summed E-state index contributed by atoms with van der Waals surface area (Å²) in [6, 6.07) is 62.3. The van der Waals surface area contributed by atoms with Crippen molar-refractivity contribution in [3.8, 4) is 67.5 Å². The van der Waals surface area contributed by atoms with Crippen LogP contribution in [0.5, 0.6) is 0 Å². The van der Waals surface area contributed by atoms with Gasteiger partial charge in [-0.3, -0.25) is 0 Å². The molecule has 1 aromatic heterocycles. The third kappa shape index (κ3) is 5.24. The van der Waals surface area contributed by atoms with E-state index in [0.29, 0.717) is 17.5 Å². The third-order valence-electron chi connectivity index (χ3n) is 11.3. The molecule has 0 radical (unpaired) electrons. The summed E-state index contributed by atoms with van der Waals surface area (Å²) in [6.07, 6.45) is 6.48. The number of hydrogen-bond acceptors (Lipinski definition) is 3. The second kappa shape index (κ2) is 13.6. The summed E-state index contributed by atoms with van der Waals surface area (Å²) in [5.41, 5.74) is 17.0. The first-order valence-electron chi connectivity index (χ1n) is 19.1. The Kier molecular flexibility index (Phi) is 8.08. The molecule has 10 rings (SSSR count). The number of benzene rings is 7. The van der Waals surface area contributed by atoms with Crippen LogP contribution in [0, 0.1) is 0 Å². The van der Waals surface area contributed by atoms with Gasteiger partial charge in [0.1, 0.15) is 0 Å². The van der Waals surface area contributed by atoms with Crippen LogP contribution in [0.3, 0.4) is 0 Å². The highest BCUT2D eigenvalue weighted by Crippen LogP contribution is 2.62. The molecule has 0 saturated heterocycles. The van der Waals surface area contributed by atoms with Gasteiger partial charge in [0.05, 0.1) is 5.41 Å². The van der Waals surface area contributed by atoms with Gasteiger partial charge in [0.25, 0.3) is 0 Å². The van der Waals surface area contributed by atoms with Crippen molar-refractivity contribution in [2.45, 2.75) is 12.3 Å². The summed E-state index contributed by atoms with van der Waals surface area (Å²) in [7, 11) is 0. The van der Waals surface area contributed by atoms with E-state index in [9.17, 15) is 0 Å². The molecule has 0 bridgehead atoms. The molecule has 1 spiro atoms. The van der Waals surface area contributed by atoms with Crippen molar-refractivity contribution in [2.24, 2.45) is 0 Å². The van der Waals surface area contributed by atoms with Gasteiger partial charge in [-0.1, -0.05) is 189 Å². The number of rotatable bonds is 7. The molecule has 0 N–H and O–H groups in total. The van der Waals surface area contributed by atoms with E-state index in [2.05, 4.69) is 165 Å². The summed E-state index contributed by atoms with van der Waals surface area (Å²) >= 11 is 0. The molecule has 264 valence electrons. The van der Waals surface area contributed by atoms with E-state index in [0.717, 1.165) is 33.4 Å². The number of allylic oxidation sites excluding steroid dienone is 5. The van der Waals surface area contributed by atoms with Gasteiger partial charge >= 0.3 is 0 Å². The zero-order valence-electron chi connectivity index (χ0n) is 31.0. The smallest absolute Gasteiger partial charge is 0.164 e. The summed E-state index contributed by atoms with van der Waals surface area (Å²) in [6.45, 7) is 6.43. The summed E-state index contributed by atoms with van der Waals surface area (Å²) < 4.78 is 0. The van der Waals surface area contributed by atoms with Crippen molar-refractivity contribution in [1.29, 1.82) is 0 Å². The number of fused-ring (bicyclic) bond motifs is 7. The summed E-state index contributed by atoms with van der Waals surface area (Å²) in [5, 5.41) is 0. The van der Waals surface area contributed by atoms with Crippen molar-refractivity contribution >= 4 is 5.57 Å². The normalized spacial score (nSPS) is 13.5. The maximum atomic E-state index is 5.11. The van der Waals surface area contributed by atoms with E-state index in [4.69, 9.17) is 15.0 Å². The largest absolute Gasteiger partial charge is 0.208 e. The van der Waals surface area contributed by atoms with Crippen LogP contribution < -0.4 is 0 Å². The van der Waals surface area contributed by atoms with Crippen LogP contribution in [0.25, 0.3) is 73.1 Å². The number of aromatic nitrogens is 3. The average Bonchev–Trinajstić information content (AvgIpc) is 3.73. The molecule has 0 amide bonds. The molecule has 1 heterocycles. The maximum Gasteiger partial charge on any atom is 0.164 e. The molecular formula is C53H37N3. The molecular weight excluding hydrogens is 679 g/mol. The zero-order valence-corrected chi connectivity index (χ0v) is 31.0. The van der Waals surface area contributed by atoms with Crippen LogP contribution in [0.4, 0.5) is 0 Å². The van der Waals surface area contributed by atoms with E-state index in [1.807, 2.05) is 42.5 Å². The van der Waals surface area contributed by atoms with Gasteiger partial charge in [-0.2, -0.15) is 0 Å². The summed E-state index contributed by atoms with van der Waals surface area (Å²) in [4.78, 5) is 15.2. The fraction of sp³-hybridized carbons (Fsp3) is 0.0377. The van der Waals surface area contributed by atoms with E-state index in [1.165, 1.54) is 50.1 Å². The number of hydrogen-bond donors (Lipinski definition) is 0. The zero-order chi connectivity index (χ0) is 37.6. The molecule has 7 aromatic carbocycles. The van der Waals surface area contributed by atoms with Gasteiger partial charge in [0, 0.05) is 16.7 Å². The molecule has 3 heteroatoms. The fourth-order valence-electron chi connectivity index (χ4n) is 8.81. The molecule has 0 atom stereocenters. The predicted octanol–water partition coefficient (Wildman–Crippen LogP) is 13.1. The van der Waals surface area contributed by atoms with Crippen LogP contribution in [-0.4, -0.2) is 15.0 Å². The Morgan fingerprint density at radius 2 is 0.875 bits per heavy atom. The van der Waals surface area contributed by atoms with Gasteiger partial charge in [0.15, 0.2) is 17.5 Å². The van der Waals surface area contributed by atoms with Crippen molar-refractivity contribution in [3.05, 3.63) is 229 Å². The first-order chi connectivity index (χ1) is 27.7. The topological polar surface area (TPSA) is 38.7 Å². The van der Waals surface area contributed by atoms with Crippen LogP contribution in [0.1, 0.15) is 29.2 Å². The van der Waals surface area contributed by atoms with Crippen molar-refractivity contribution < 1.29 is 0 Å². The van der Waals surface area contributed by atoms with E-state index in [1.54, 1.807) is 0 Å². The SMILES string of the molecule is C=CC1=C(/C=C\C)C2(c3cc(-c4cccc(-c5nc(-c6ccccc6)nc(-c6ccc(-c7ccccc7)cc6)n5)c4)ccc31)c1ccccc1-c1ccccc12. The first-order valence-corrected chi connectivity index (χ1v) is 19.1. The lowest BCUT2D eigenvalue weighted by Crippen LogP contribution is -2.26. The third-order valence-corrected chi connectivity index (χ3v) is 11.3. The second-order valence-electron chi connectivity index (χ2n) is 14.3. The first kappa shape index (κ1) is 33.3. The molecule has 0 unspecified atom stereocenters. The lowest BCUT2D eigenvalue weighted by atomic mass is 9.69. The van der Waals surface area contributed by atoms with Crippen molar-refractivity contribution in [2.75, 3.05) is 0 Å². The molecule has 8 aromatic rings. The lowest BCUT2D eigenvalue weighted by Gasteiger charge is -2.32. The van der Waals surface area contributed by atoms with Crippen LogP contribution in [-0.2, 0) is 5.41 Å². The standard InChI is InChI=1S/C53H37N3/c1-3-16-46-42(4-2)45-32-31-40(34-49(45)53(46)47-25-13-11-23-43(47)44-24-12-14-26-48(44)53)39-21-15-22-41(33-39)52-55-50(37-19-9-6-10-20-37)54-51(56-52)38-29-27-36(28-30-38)35-17-7-5-8-18-35/h3-34H,2H2,1H3/b16-3-. The Labute approximate surface area is 327 Å². The van der Waals surface area contributed by atoms with Crippen LogP contribution >= 0.6 is 0 Å². The molecule has 2 aliphatic carbocycles. The molecule has 0 saturated carbocycles. The van der Waals surface area contributed by atoms with E-state index < -0.39 is 5.41 Å². The molecule has 2 aliphatic rings. The number of nitrogens with zero attached hydrogens (tertiary/aromatic N) is 3. The lowest BCUT2D eigenvalue weighted by molar-refractivity contribution is 0.786. The fourth-order valence-corrected chi connectivity index (χ4v) is 8.81. The highest BCUT2D eigenvalue weighted by Gasteiger charge is 2.51. The quantitative estimate of drug-likeness (QED) is 0.165.